The summed E-state index contributed by atoms with van der Waals surface area (Å²) in [5.74, 6) is -0.0909. The second kappa shape index (κ2) is 9.25. The Kier molecular flexibility index (Phi) is 6.88. The highest BCUT2D eigenvalue weighted by Gasteiger charge is 2.20. The third-order valence-corrected chi connectivity index (χ3v) is 6.18. The molecule has 1 fully saturated rings. The molecule has 1 heterocycles. The first-order valence-electron chi connectivity index (χ1n) is 11.3. The highest BCUT2D eigenvalue weighted by Crippen LogP contribution is 2.34. The number of carboxylic acid groups (broad SMARTS) is 1. The van der Waals surface area contributed by atoms with E-state index in [-0.39, 0.29) is 11.0 Å². The van der Waals surface area contributed by atoms with Gasteiger partial charge in [0.1, 0.15) is 5.82 Å². The van der Waals surface area contributed by atoms with E-state index >= 15 is 0 Å². The summed E-state index contributed by atoms with van der Waals surface area (Å²) in [6.45, 7) is 11.3. The van der Waals surface area contributed by atoms with Crippen LogP contribution in [0.2, 0.25) is 0 Å². The molecule has 4 rings (SSSR count). The zero-order valence-corrected chi connectivity index (χ0v) is 19.6. The van der Waals surface area contributed by atoms with Gasteiger partial charge in [0.15, 0.2) is 0 Å². The molecule has 0 atom stereocenters. The van der Waals surface area contributed by atoms with E-state index < -0.39 is 5.97 Å². The lowest BCUT2D eigenvalue weighted by atomic mass is 9.78. The van der Waals surface area contributed by atoms with Gasteiger partial charge in [0.2, 0.25) is 0 Å². The summed E-state index contributed by atoms with van der Waals surface area (Å²) in [7, 11) is 0. The highest BCUT2D eigenvalue weighted by atomic mass is 16.4. The lowest BCUT2D eigenvalue weighted by Gasteiger charge is -2.28. The number of aromatic amines is 1. The van der Waals surface area contributed by atoms with Crippen LogP contribution in [0.3, 0.4) is 0 Å². The van der Waals surface area contributed by atoms with Gasteiger partial charge in [0, 0.05) is 6.42 Å². The first-order chi connectivity index (χ1) is 14.5. The van der Waals surface area contributed by atoms with Gasteiger partial charge >= 0.3 is 5.97 Å². The summed E-state index contributed by atoms with van der Waals surface area (Å²) in [5, 5.41) is 9.04. The predicted octanol–water partition coefficient (Wildman–Crippen LogP) is 7.13. The van der Waals surface area contributed by atoms with E-state index in [1.165, 1.54) is 43.2 Å². The van der Waals surface area contributed by atoms with Gasteiger partial charge < -0.3 is 10.1 Å². The topological polar surface area (TPSA) is 66.0 Å². The second-order valence-corrected chi connectivity index (χ2v) is 10.6. The monoisotopic (exact) mass is 420 g/mol. The fourth-order valence-corrected chi connectivity index (χ4v) is 4.10. The van der Waals surface area contributed by atoms with Crippen LogP contribution >= 0.6 is 0 Å². The van der Waals surface area contributed by atoms with E-state index in [0.717, 1.165) is 16.9 Å². The lowest BCUT2D eigenvalue weighted by molar-refractivity contribution is 0.0697. The molecule has 0 radical (unpaired) electrons. The number of nitrogens with one attached hydrogen (secondary N) is 1. The number of aromatic carboxylic acids is 1. The van der Waals surface area contributed by atoms with E-state index in [9.17, 15) is 4.79 Å². The molecule has 4 heteroatoms. The lowest BCUT2D eigenvalue weighted by Crippen LogP contribution is -2.14. The normalized spacial score (nSPS) is 15.9. The quantitative estimate of drug-likeness (QED) is 0.474. The summed E-state index contributed by atoms with van der Waals surface area (Å²) in [5.41, 5.74) is 5.11. The Balaban J connectivity index is 0.000000287. The number of hydrogen-bond acceptors (Lipinski definition) is 2. The van der Waals surface area contributed by atoms with Crippen LogP contribution in [0.4, 0.5) is 0 Å². The minimum Gasteiger partial charge on any atom is -0.478 e. The third kappa shape index (κ3) is 6.43. The van der Waals surface area contributed by atoms with Gasteiger partial charge in [-0.1, -0.05) is 78.1 Å². The molecule has 3 aromatic rings. The zero-order valence-electron chi connectivity index (χ0n) is 19.6. The second-order valence-electron chi connectivity index (χ2n) is 10.6. The molecule has 1 saturated carbocycles. The number of benzene rings is 2. The number of rotatable bonds is 3. The smallest absolute Gasteiger partial charge is 0.335 e. The number of nitrogens with zero attached hydrogens (tertiary/aromatic N) is 1. The fourth-order valence-electron chi connectivity index (χ4n) is 4.10. The Hall–Kier alpha value is -2.62. The van der Waals surface area contributed by atoms with Gasteiger partial charge in [-0.15, -0.1) is 0 Å². The summed E-state index contributed by atoms with van der Waals surface area (Å²) in [6, 6.07) is 13.5. The van der Waals surface area contributed by atoms with Gasteiger partial charge in [-0.3, -0.25) is 0 Å². The van der Waals surface area contributed by atoms with E-state index in [4.69, 9.17) is 5.11 Å². The van der Waals surface area contributed by atoms with Crippen molar-refractivity contribution in [3.05, 3.63) is 65.0 Å². The number of imidazole rings is 1. The van der Waals surface area contributed by atoms with Crippen molar-refractivity contribution in [2.24, 2.45) is 5.41 Å². The Bertz CT molecular complexity index is 1020. The van der Waals surface area contributed by atoms with Crippen LogP contribution in [0, 0.1) is 5.41 Å². The molecule has 0 saturated heterocycles. The first-order valence-corrected chi connectivity index (χ1v) is 11.3. The minimum atomic E-state index is -0.930. The Morgan fingerprint density at radius 2 is 1.68 bits per heavy atom. The number of fused-ring (bicyclic) bond motifs is 1. The Labute approximate surface area is 186 Å². The summed E-state index contributed by atoms with van der Waals surface area (Å²) in [6.07, 6.45) is 8.00. The zero-order chi connectivity index (χ0) is 22.6. The number of carboxylic acids is 1. The fraction of sp³-hybridized carbons (Fsp3) is 0.481. The van der Waals surface area contributed by atoms with Crippen LogP contribution < -0.4 is 0 Å². The summed E-state index contributed by atoms with van der Waals surface area (Å²) < 4.78 is 0. The number of H-pyrrole nitrogens is 1. The molecule has 0 aliphatic heterocycles. The maximum absolute atomic E-state index is 11.0. The largest absolute Gasteiger partial charge is 0.478 e. The summed E-state index contributed by atoms with van der Waals surface area (Å²) in [4.78, 5) is 18.8. The molecule has 1 aliphatic rings. The van der Waals surface area contributed by atoms with Gasteiger partial charge in [0.25, 0.3) is 0 Å². The number of hydrogen-bond donors (Lipinski definition) is 2. The molecule has 0 spiro atoms. The molecule has 2 aromatic carbocycles. The third-order valence-electron chi connectivity index (χ3n) is 6.18. The van der Waals surface area contributed by atoms with Crippen molar-refractivity contribution in [2.45, 2.75) is 78.6 Å². The van der Waals surface area contributed by atoms with Crippen molar-refractivity contribution < 1.29 is 9.90 Å². The van der Waals surface area contributed by atoms with E-state index in [1.54, 1.807) is 18.2 Å². The van der Waals surface area contributed by atoms with E-state index in [0.29, 0.717) is 11.8 Å². The average molecular weight is 421 g/mol. The Morgan fingerprint density at radius 1 is 1.03 bits per heavy atom. The van der Waals surface area contributed by atoms with Crippen molar-refractivity contribution in [2.75, 3.05) is 0 Å². The van der Waals surface area contributed by atoms with Crippen LogP contribution in [0.15, 0.2) is 42.5 Å². The number of carbonyl (C=O) groups is 1. The van der Waals surface area contributed by atoms with Gasteiger partial charge in [-0.05, 0) is 53.0 Å². The molecule has 1 aliphatic carbocycles. The van der Waals surface area contributed by atoms with Crippen molar-refractivity contribution in [3.8, 4) is 0 Å². The molecule has 166 valence electrons. The molecule has 31 heavy (non-hydrogen) atoms. The maximum atomic E-state index is 11.0. The standard InChI is InChI=1S/C19H20N2O2.C8H16/c1-19(2,3)14-7-4-12(5-8-14)10-17-20-15-9-6-13(18(22)23)11-16(15)21-17;1-8(2)6-4-3-5-7-8/h4-9,11H,10H2,1-3H3,(H,20,21)(H,22,23);3-7H2,1-2H3. The van der Waals surface area contributed by atoms with Crippen molar-refractivity contribution >= 4 is 17.0 Å². The molecule has 0 amide bonds. The SMILES string of the molecule is CC(C)(C)c1ccc(Cc2nc3ccc(C(=O)O)cc3[nH]2)cc1.CC1(C)CCCCC1. The minimum absolute atomic E-state index is 0.144. The van der Waals surface area contributed by atoms with E-state index in [1.807, 2.05) is 0 Å². The van der Waals surface area contributed by atoms with Crippen LogP contribution in [0.1, 0.15) is 94.0 Å². The molecule has 0 bridgehead atoms. The van der Waals surface area contributed by atoms with Crippen molar-refractivity contribution in [3.63, 3.8) is 0 Å². The van der Waals surface area contributed by atoms with E-state index in [2.05, 4.69) is 68.9 Å². The van der Waals surface area contributed by atoms with Gasteiger partial charge in [-0.2, -0.15) is 0 Å². The molecule has 1 aromatic heterocycles. The van der Waals surface area contributed by atoms with Gasteiger partial charge in [0.05, 0.1) is 16.6 Å². The number of aromatic nitrogens is 2. The molecular formula is C27H36N2O2. The van der Waals surface area contributed by atoms with Gasteiger partial charge in [-0.25, -0.2) is 9.78 Å². The van der Waals surface area contributed by atoms with Crippen LogP contribution in [-0.2, 0) is 11.8 Å². The highest BCUT2D eigenvalue weighted by molar-refractivity contribution is 5.92. The predicted molar refractivity (Wildman–Crippen MR) is 128 cm³/mol. The molecule has 2 N–H and O–H groups in total. The van der Waals surface area contributed by atoms with Crippen molar-refractivity contribution in [1.82, 2.24) is 9.97 Å². The van der Waals surface area contributed by atoms with Crippen LogP contribution in [0.5, 0.6) is 0 Å². The summed E-state index contributed by atoms with van der Waals surface area (Å²) >= 11 is 0. The average Bonchev–Trinajstić information content (AvgIpc) is 3.09. The molecule has 0 unspecified atom stereocenters. The van der Waals surface area contributed by atoms with Crippen LogP contribution in [-0.4, -0.2) is 21.0 Å². The Morgan fingerprint density at radius 3 is 2.19 bits per heavy atom. The first kappa shape index (κ1) is 23.1. The van der Waals surface area contributed by atoms with Crippen LogP contribution in [0.25, 0.3) is 11.0 Å². The van der Waals surface area contributed by atoms with Crippen molar-refractivity contribution in [1.29, 1.82) is 0 Å². The molecule has 4 nitrogen and oxygen atoms in total. The molecular weight excluding hydrogens is 384 g/mol. The maximum Gasteiger partial charge on any atom is 0.335 e.